The molecule has 5 rings (SSSR count). The fourth-order valence-electron chi connectivity index (χ4n) is 5.32. The standard InChI is InChI=1S/C30H29NO3/c1-19-26(29(33)34-18-20-10-5-4-6-11-20)27(23-15-9-13-21-12-7-8-14-22(21)23)28-24(31-19)16-30(2,3)17-25(28)32/h4-15,27,31H,16-18H2,1-3H3/t27-/m1/s1. The van der Waals surface area contributed by atoms with E-state index >= 15 is 0 Å². The van der Waals surface area contributed by atoms with E-state index in [0.29, 0.717) is 17.6 Å². The van der Waals surface area contributed by atoms with Gasteiger partial charge in [-0.1, -0.05) is 86.6 Å². The summed E-state index contributed by atoms with van der Waals surface area (Å²) in [6, 6.07) is 23.9. The van der Waals surface area contributed by atoms with Crippen molar-refractivity contribution < 1.29 is 14.3 Å². The molecule has 4 nitrogen and oxygen atoms in total. The van der Waals surface area contributed by atoms with Crippen LogP contribution in [0.4, 0.5) is 0 Å². The van der Waals surface area contributed by atoms with E-state index in [1.807, 2.05) is 61.5 Å². The number of fused-ring (bicyclic) bond motifs is 1. The van der Waals surface area contributed by atoms with E-state index < -0.39 is 11.9 Å². The molecule has 0 aromatic heterocycles. The average molecular weight is 452 g/mol. The number of benzene rings is 3. The molecular weight excluding hydrogens is 422 g/mol. The number of Topliss-reactive ketones (excluding diaryl/α,β-unsaturated/α-hetero) is 1. The minimum absolute atomic E-state index is 0.0949. The maximum Gasteiger partial charge on any atom is 0.337 e. The minimum atomic E-state index is -0.464. The molecule has 0 spiro atoms. The number of ether oxygens (including phenoxy) is 1. The molecule has 3 aromatic rings. The zero-order valence-electron chi connectivity index (χ0n) is 19.9. The largest absolute Gasteiger partial charge is 0.457 e. The normalized spacial score (nSPS) is 19.6. The van der Waals surface area contributed by atoms with Crippen molar-refractivity contribution in [2.75, 3.05) is 0 Å². The lowest BCUT2D eigenvalue weighted by atomic mass is 9.68. The topological polar surface area (TPSA) is 55.4 Å². The molecule has 1 aliphatic heterocycles. The summed E-state index contributed by atoms with van der Waals surface area (Å²) in [5.41, 5.74) is 4.65. The van der Waals surface area contributed by atoms with Gasteiger partial charge in [-0.25, -0.2) is 4.79 Å². The van der Waals surface area contributed by atoms with E-state index in [1.54, 1.807) is 0 Å². The number of allylic oxidation sites excluding steroid dienone is 3. The van der Waals surface area contributed by atoms with Crippen molar-refractivity contribution in [2.45, 2.75) is 46.1 Å². The number of rotatable bonds is 4. The van der Waals surface area contributed by atoms with Gasteiger partial charge in [0.05, 0.1) is 5.57 Å². The van der Waals surface area contributed by atoms with Crippen LogP contribution in [-0.4, -0.2) is 11.8 Å². The third-order valence-electron chi connectivity index (χ3n) is 6.81. The molecule has 3 aromatic carbocycles. The molecule has 172 valence electrons. The quantitative estimate of drug-likeness (QED) is 0.481. The molecule has 1 atom stereocenters. The molecule has 0 saturated carbocycles. The molecule has 0 unspecified atom stereocenters. The van der Waals surface area contributed by atoms with Crippen LogP contribution in [0.5, 0.6) is 0 Å². The van der Waals surface area contributed by atoms with Crippen LogP contribution in [0.3, 0.4) is 0 Å². The summed E-state index contributed by atoms with van der Waals surface area (Å²) in [5.74, 6) is -0.761. The van der Waals surface area contributed by atoms with Crippen LogP contribution in [0.15, 0.2) is 95.3 Å². The molecule has 0 fully saturated rings. The first-order valence-corrected chi connectivity index (χ1v) is 11.8. The third kappa shape index (κ3) is 4.05. The second-order valence-electron chi connectivity index (χ2n) is 10.1. The first-order chi connectivity index (χ1) is 16.3. The Morgan fingerprint density at radius 3 is 2.47 bits per heavy atom. The van der Waals surface area contributed by atoms with Gasteiger partial charge in [0.1, 0.15) is 6.61 Å². The van der Waals surface area contributed by atoms with Crippen LogP contribution in [0.25, 0.3) is 10.8 Å². The molecule has 1 heterocycles. The molecule has 34 heavy (non-hydrogen) atoms. The molecular formula is C30H29NO3. The number of esters is 1. The molecule has 0 radical (unpaired) electrons. The summed E-state index contributed by atoms with van der Waals surface area (Å²) in [6.07, 6.45) is 1.22. The van der Waals surface area contributed by atoms with Gasteiger partial charge in [0.25, 0.3) is 0 Å². The van der Waals surface area contributed by atoms with Crippen LogP contribution in [-0.2, 0) is 20.9 Å². The van der Waals surface area contributed by atoms with Crippen molar-refractivity contribution in [1.82, 2.24) is 5.32 Å². The Bertz CT molecular complexity index is 1340. The molecule has 0 saturated heterocycles. The van der Waals surface area contributed by atoms with Gasteiger partial charge in [0.2, 0.25) is 0 Å². The number of nitrogens with one attached hydrogen (secondary N) is 1. The van der Waals surface area contributed by atoms with Gasteiger partial charge in [-0.2, -0.15) is 0 Å². The number of hydrogen-bond acceptors (Lipinski definition) is 4. The molecule has 0 bridgehead atoms. The van der Waals surface area contributed by atoms with Gasteiger partial charge < -0.3 is 10.1 Å². The highest BCUT2D eigenvalue weighted by molar-refractivity contribution is 6.05. The summed E-state index contributed by atoms with van der Waals surface area (Å²) >= 11 is 0. The first kappa shape index (κ1) is 22.1. The lowest BCUT2D eigenvalue weighted by molar-refractivity contribution is -0.140. The number of dihydropyridines is 1. The predicted molar refractivity (Wildman–Crippen MR) is 134 cm³/mol. The SMILES string of the molecule is CC1=C(C(=O)OCc2ccccc2)[C@@H](c2cccc3ccccc23)C2=C(CC(C)(C)CC2=O)N1. The molecule has 4 heteroatoms. The van der Waals surface area contributed by atoms with E-state index in [9.17, 15) is 9.59 Å². The van der Waals surface area contributed by atoms with Crippen molar-refractivity contribution in [2.24, 2.45) is 5.41 Å². The van der Waals surface area contributed by atoms with Crippen LogP contribution >= 0.6 is 0 Å². The van der Waals surface area contributed by atoms with Gasteiger partial charge in [-0.3, -0.25) is 4.79 Å². The van der Waals surface area contributed by atoms with Crippen LogP contribution in [0.2, 0.25) is 0 Å². The van der Waals surface area contributed by atoms with Gasteiger partial charge in [0.15, 0.2) is 5.78 Å². The van der Waals surface area contributed by atoms with Gasteiger partial charge in [0, 0.05) is 29.3 Å². The second-order valence-corrected chi connectivity index (χ2v) is 10.1. The summed E-state index contributed by atoms with van der Waals surface area (Å²) < 4.78 is 5.79. The predicted octanol–water partition coefficient (Wildman–Crippen LogP) is 6.19. The zero-order valence-corrected chi connectivity index (χ0v) is 19.9. The monoisotopic (exact) mass is 451 g/mol. The maximum atomic E-state index is 13.6. The summed E-state index contributed by atoms with van der Waals surface area (Å²) in [4.78, 5) is 27.1. The summed E-state index contributed by atoms with van der Waals surface area (Å²) in [6.45, 7) is 6.33. The van der Waals surface area contributed by atoms with E-state index in [1.165, 1.54) is 0 Å². The second kappa shape index (κ2) is 8.60. The van der Waals surface area contributed by atoms with Crippen molar-refractivity contribution in [3.8, 4) is 0 Å². The lowest BCUT2D eigenvalue weighted by Crippen LogP contribution is -2.38. The Hall–Kier alpha value is -3.66. The Balaban J connectivity index is 1.63. The van der Waals surface area contributed by atoms with Crippen molar-refractivity contribution in [3.63, 3.8) is 0 Å². The van der Waals surface area contributed by atoms with E-state index in [0.717, 1.165) is 39.7 Å². The fraction of sp³-hybridized carbons (Fsp3) is 0.267. The number of hydrogen-bond donors (Lipinski definition) is 1. The van der Waals surface area contributed by atoms with Crippen LogP contribution < -0.4 is 5.32 Å². The maximum absolute atomic E-state index is 13.6. The Morgan fingerprint density at radius 2 is 1.68 bits per heavy atom. The lowest BCUT2D eigenvalue weighted by Gasteiger charge is -2.39. The number of carbonyl (C=O) groups is 2. The Labute approximate surface area is 200 Å². The number of carbonyl (C=O) groups excluding carboxylic acids is 2. The highest BCUT2D eigenvalue weighted by Gasteiger charge is 2.43. The van der Waals surface area contributed by atoms with E-state index in [-0.39, 0.29) is 17.8 Å². The molecule has 1 N–H and O–H groups in total. The zero-order chi connectivity index (χ0) is 23.9. The third-order valence-corrected chi connectivity index (χ3v) is 6.81. The first-order valence-electron chi connectivity index (χ1n) is 11.8. The van der Waals surface area contributed by atoms with Gasteiger partial charge in [-0.15, -0.1) is 0 Å². The summed E-state index contributed by atoms with van der Waals surface area (Å²) in [5, 5.41) is 5.55. The van der Waals surface area contributed by atoms with Gasteiger partial charge >= 0.3 is 5.97 Å². The van der Waals surface area contributed by atoms with E-state index in [2.05, 4.69) is 37.4 Å². The smallest absolute Gasteiger partial charge is 0.337 e. The van der Waals surface area contributed by atoms with Crippen molar-refractivity contribution in [1.29, 1.82) is 0 Å². The van der Waals surface area contributed by atoms with Crippen molar-refractivity contribution >= 4 is 22.5 Å². The molecule has 2 aliphatic rings. The highest BCUT2D eigenvalue weighted by Crippen LogP contribution is 2.48. The average Bonchev–Trinajstić information content (AvgIpc) is 2.81. The van der Waals surface area contributed by atoms with Crippen LogP contribution in [0, 0.1) is 5.41 Å². The Kier molecular flexibility index (Phi) is 5.60. The summed E-state index contributed by atoms with van der Waals surface area (Å²) in [7, 11) is 0. The number of ketones is 1. The van der Waals surface area contributed by atoms with Crippen molar-refractivity contribution in [3.05, 3.63) is 106 Å². The van der Waals surface area contributed by atoms with E-state index in [4.69, 9.17) is 4.74 Å². The van der Waals surface area contributed by atoms with Crippen LogP contribution in [0.1, 0.15) is 50.7 Å². The molecule has 0 amide bonds. The minimum Gasteiger partial charge on any atom is -0.457 e. The molecule has 1 aliphatic carbocycles. The fourth-order valence-corrected chi connectivity index (χ4v) is 5.32. The van der Waals surface area contributed by atoms with Gasteiger partial charge in [-0.05, 0) is 40.7 Å². The highest BCUT2D eigenvalue weighted by atomic mass is 16.5. The Morgan fingerprint density at radius 1 is 0.971 bits per heavy atom.